The maximum absolute atomic E-state index is 13.3. The van der Waals surface area contributed by atoms with Gasteiger partial charge in [0.1, 0.15) is 0 Å². The van der Waals surface area contributed by atoms with Gasteiger partial charge >= 0.3 is 0 Å². The van der Waals surface area contributed by atoms with E-state index in [9.17, 15) is 36.5 Å². The first kappa shape index (κ1) is 20.7. The summed E-state index contributed by atoms with van der Waals surface area (Å²) in [7, 11) is -4.19. The van der Waals surface area contributed by atoms with Gasteiger partial charge in [0.05, 0.1) is 4.92 Å². The second kappa shape index (κ2) is 7.79. The van der Waals surface area contributed by atoms with Crippen LogP contribution in [0, 0.1) is 27.6 Å². The van der Waals surface area contributed by atoms with Crippen LogP contribution >= 0.6 is 0 Å². The number of carbonyl (C=O) groups excluding carboxylic acids is 1. The Bertz CT molecular complexity index is 1060. The highest BCUT2D eigenvalue weighted by atomic mass is 32.2. The van der Waals surface area contributed by atoms with Crippen LogP contribution in [0.1, 0.15) is 10.4 Å². The first-order valence-corrected chi connectivity index (χ1v) is 9.74. The topological polar surface area (TPSA) is 101 Å². The lowest BCUT2D eigenvalue weighted by atomic mass is 10.1. The second-order valence-corrected chi connectivity index (χ2v) is 8.08. The Hall–Kier alpha value is -2.99. The van der Waals surface area contributed by atoms with Crippen LogP contribution in [0.15, 0.2) is 41.3 Å². The molecule has 1 saturated heterocycles. The lowest BCUT2D eigenvalue weighted by Crippen LogP contribution is -2.50. The Morgan fingerprint density at radius 2 is 1.55 bits per heavy atom. The highest BCUT2D eigenvalue weighted by Crippen LogP contribution is 2.27. The third-order valence-corrected chi connectivity index (χ3v) is 6.38. The third-order valence-electron chi connectivity index (χ3n) is 4.44. The third kappa shape index (κ3) is 3.93. The molecule has 0 bridgehead atoms. The molecular weight excluding hydrogens is 415 g/mol. The van der Waals surface area contributed by atoms with Crippen molar-refractivity contribution in [3.05, 3.63) is 69.5 Å². The summed E-state index contributed by atoms with van der Waals surface area (Å²) >= 11 is 0. The van der Waals surface area contributed by atoms with Crippen molar-refractivity contribution in [3.8, 4) is 0 Å². The lowest BCUT2D eigenvalue weighted by Gasteiger charge is -2.34. The van der Waals surface area contributed by atoms with Gasteiger partial charge in [0, 0.05) is 37.8 Å². The van der Waals surface area contributed by atoms with E-state index in [0.29, 0.717) is 12.1 Å². The molecule has 0 radical (unpaired) electrons. The van der Waals surface area contributed by atoms with Crippen molar-refractivity contribution >= 4 is 21.6 Å². The van der Waals surface area contributed by atoms with E-state index in [0.717, 1.165) is 21.3 Å². The second-order valence-electron chi connectivity index (χ2n) is 6.17. The number of nitro groups is 1. The molecule has 29 heavy (non-hydrogen) atoms. The number of hydrogen-bond donors (Lipinski definition) is 0. The molecule has 0 atom stereocenters. The summed E-state index contributed by atoms with van der Waals surface area (Å²) in [6.07, 6.45) is 0. The van der Waals surface area contributed by atoms with Crippen molar-refractivity contribution < 1.29 is 31.3 Å². The molecule has 1 aliphatic heterocycles. The Kier molecular flexibility index (Phi) is 5.57. The maximum atomic E-state index is 13.3. The molecule has 1 aliphatic rings. The maximum Gasteiger partial charge on any atom is 0.289 e. The minimum absolute atomic E-state index is 0.112. The smallest absolute Gasteiger partial charge is 0.289 e. The number of benzene rings is 2. The highest BCUT2D eigenvalue weighted by molar-refractivity contribution is 7.89. The summed E-state index contributed by atoms with van der Waals surface area (Å²) in [6, 6.07) is 6.03. The molecule has 1 amide bonds. The van der Waals surface area contributed by atoms with Crippen LogP contribution in [0.4, 0.5) is 18.9 Å². The zero-order chi connectivity index (χ0) is 21.3. The van der Waals surface area contributed by atoms with Crippen LogP contribution < -0.4 is 0 Å². The predicted octanol–water partition coefficient (Wildman–Crippen LogP) is 2.16. The Balaban J connectivity index is 1.77. The Morgan fingerprint density at radius 3 is 2.10 bits per heavy atom. The first-order chi connectivity index (χ1) is 13.6. The van der Waals surface area contributed by atoms with E-state index in [4.69, 9.17) is 0 Å². The minimum Gasteiger partial charge on any atom is -0.336 e. The Labute approximate surface area is 163 Å². The van der Waals surface area contributed by atoms with Gasteiger partial charge in [0.25, 0.3) is 11.6 Å². The molecule has 0 spiro atoms. The van der Waals surface area contributed by atoms with E-state index >= 15 is 0 Å². The molecule has 8 nitrogen and oxygen atoms in total. The van der Waals surface area contributed by atoms with Crippen molar-refractivity contribution in [3.63, 3.8) is 0 Å². The number of halogens is 3. The molecular formula is C17H14F3N3O5S. The van der Waals surface area contributed by atoms with Crippen LogP contribution in [0.2, 0.25) is 0 Å². The molecule has 0 saturated carbocycles. The fraction of sp³-hybridized carbons (Fsp3) is 0.235. The number of carbonyl (C=O) groups is 1. The van der Waals surface area contributed by atoms with Gasteiger partial charge in [0.15, 0.2) is 22.3 Å². The minimum atomic E-state index is -4.19. The summed E-state index contributed by atoms with van der Waals surface area (Å²) in [6.45, 7) is -0.572. The molecule has 2 aromatic carbocycles. The van der Waals surface area contributed by atoms with Gasteiger partial charge in [-0.15, -0.1) is 0 Å². The predicted molar refractivity (Wildman–Crippen MR) is 94.1 cm³/mol. The summed E-state index contributed by atoms with van der Waals surface area (Å²) in [4.78, 5) is 23.4. The molecule has 0 N–H and O–H groups in total. The van der Waals surface area contributed by atoms with E-state index in [1.807, 2.05) is 0 Å². The molecule has 0 aliphatic carbocycles. The van der Waals surface area contributed by atoms with Crippen molar-refractivity contribution in [1.82, 2.24) is 9.21 Å². The van der Waals surface area contributed by atoms with Gasteiger partial charge in [-0.05, 0) is 18.2 Å². The summed E-state index contributed by atoms with van der Waals surface area (Å²) < 4.78 is 66.3. The first-order valence-electron chi connectivity index (χ1n) is 8.30. The van der Waals surface area contributed by atoms with Gasteiger partial charge in [0.2, 0.25) is 10.0 Å². The van der Waals surface area contributed by atoms with Crippen LogP contribution in [-0.2, 0) is 10.0 Å². The average molecular weight is 429 g/mol. The summed E-state index contributed by atoms with van der Waals surface area (Å²) in [5.74, 6) is -5.50. The molecule has 1 heterocycles. The number of piperazine rings is 1. The normalized spacial score (nSPS) is 15.3. The molecule has 0 unspecified atom stereocenters. The van der Waals surface area contributed by atoms with Gasteiger partial charge in [-0.3, -0.25) is 14.9 Å². The van der Waals surface area contributed by atoms with E-state index in [2.05, 4.69) is 0 Å². The highest BCUT2D eigenvalue weighted by Gasteiger charge is 2.34. The zero-order valence-corrected chi connectivity index (χ0v) is 15.5. The number of rotatable bonds is 4. The SMILES string of the molecule is O=C(c1cc(F)c(F)c(F)c1)N1CCN(S(=O)(=O)c2ccccc2[N+](=O)[O-])CC1. The number of hydrogen-bond acceptors (Lipinski definition) is 5. The van der Waals surface area contributed by atoms with Crippen molar-refractivity contribution in [2.45, 2.75) is 4.90 Å². The van der Waals surface area contributed by atoms with Crippen molar-refractivity contribution in [1.29, 1.82) is 0 Å². The van der Waals surface area contributed by atoms with Crippen LogP contribution in [0.25, 0.3) is 0 Å². The van der Waals surface area contributed by atoms with Crippen LogP contribution in [-0.4, -0.2) is 54.6 Å². The lowest BCUT2D eigenvalue weighted by molar-refractivity contribution is -0.387. The molecule has 154 valence electrons. The fourth-order valence-corrected chi connectivity index (χ4v) is 4.54. The standard InChI is InChI=1S/C17H14F3N3O5S/c18-12-9-11(10-13(19)16(12)20)17(24)21-5-7-22(8-6-21)29(27,28)15-4-2-1-3-14(15)23(25)26/h1-4,9-10H,5-8H2. The number of sulfonamides is 1. The molecule has 1 fully saturated rings. The fourth-order valence-electron chi connectivity index (χ4n) is 2.96. The monoisotopic (exact) mass is 429 g/mol. The average Bonchev–Trinajstić information content (AvgIpc) is 2.71. The summed E-state index contributed by atoms with van der Waals surface area (Å²) in [5.41, 5.74) is -0.973. The number of para-hydroxylation sites is 1. The van der Waals surface area contributed by atoms with E-state index in [1.165, 1.54) is 12.1 Å². The zero-order valence-electron chi connectivity index (χ0n) is 14.7. The van der Waals surface area contributed by atoms with Crippen LogP contribution in [0.3, 0.4) is 0 Å². The van der Waals surface area contributed by atoms with Gasteiger partial charge in [-0.25, -0.2) is 21.6 Å². The van der Waals surface area contributed by atoms with Crippen LogP contribution in [0.5, 0.6) is 0 Å². The quantitative estimate of drug-likeness (QED) is 0.421. The van der Waals surface area contributed by atoms with Crippen molar-refractivity contribution in [2.75, 3.05) is 26.2 Å². The number of nitro benzene ring substituents is 1. The number of amides is 1. The summed E-state index contributed by atoms with van der Waals surface area (Å²) in [5, 5.41) is 11.1. The molecule has 0 aromatic heterocycles. The Morgan fingerprint density at radius 1 is 1.00 bits per heavy atom. The van der Waals surface area contributed by atoms with Gasteiger partial charge < -0.3 is 4.90 Å². The number of nitrogens with zero attached hydrogens (tertiary/aromatic N) is 3. The largest absolute Gasteiger partial charge is 0.336 e. The molecule has 12 heteroatoms. The van der Waals surface area contributed by atoms with E-state index in [-0.39, 0.29) is 26.2 Å². The molecule has 2 aromatic rings. The van der Waals surface area contributed by atoms with Gasteiger partial charge in [-0.2, -0.15) is 4.31 Å². The van der Waals surface area contributed by atoms with Gasteiger partial charge in [-0.1, -0.05) is 12.1 Å². The van der Waals surface area contributed by atoms with E-state index < -0.39 is 54.5 Å². The van der Waals surface area contributed by atoms with E-state index in [1.54, 1.807) is 0 Å². The van der Waals surface area contributed by atoms with Crippen molar-refractivity contribution in [2.24, 2.45) is 0 Å². The molecule has 3 rings (SSSR count).